The number of rotatable bonds is 3. The summed E-state index contributed by atoms with van der Waals surface area (Å²) in [5.41, 5.74) is 0.0167. The lowest BCUT2D eigenvalue weighted by atomic mass is 9.89. The Kier molecular flexibility index (Phi) is 4.73. The van der Waals surface area contributed by atoms with Crippen molar-refractivity contribution in [3.63, 3.8) is 0 Å². The molecule has 1 aliphatic rings. The maximum absolute atomic E-state index is 13.7. The lowest BCUT2D eigenvalue weighted by molar-refractivity contribution is 0.00628. The molecule has 0 aromatic heterocycles. The van der Waals surface area contributed by atoms with Gasteiger partial charge in [-0.1, -0.05) is 6.92 Å². The van der Waals surface area contributed by atoms with Crippen molar-refractivity contribution in [2.75, 3.05) is 0 Å². The average molecular weight is 319 g/mol. The van der Waals surface area contributed by atoms with Crippen LogP contribution in [-0.4, -0.2) is 6.10 Å². The third-order valence-corrected chi connectivity index (χ3v) is 4.18. The van der Waals surface area contributed by atoms with Crippen molar-refractivity contribution in [3.8, 4) is 0 Å². The van der Waals surface area contributed by atoms with Crippen molar-refractivity contribution in [1.82, 2.24) is 0 Å². The molecule has 1 fully saturated rings. The lowest BCUT2D eigenvalue weighted by Crippen LogP contribution is -2.20. The minimum absolute atomic E-state index is 0.0101. The molecule has 0 unspecified atom stereocenters. The van der Waals surface area contributed by atoms with E-state index >= 15 is 0 Å². The summed E-state index contributed by atoms with van der Waals surface area (Å²) in [4.78, 5) is 0. The molecule has 0 N–H and O–H groups in total. The van der Waals surface area contributed by atoms with Gasteiger partial charge in [0.1, 0.15) is 11.6 Å². The Bertz CT molecular complexity index is 415. The summed E-state index contributed by atoms with van der Waals surface area (Å²) in [7, 11) is 0. The second-order valence-corrected chi connectivity index (χ2v) is 5.87. The largest absolute Gasteiger partial charge is 0.373 e. The van der Waals surface area contributed by atoms with Crippen LogP contribution >= 0.6 is 15.9 Å². The van der Waals surface area contributed by atoms with Gasteiger partial charge in [0.05, 0.1) is 22.7 Å². The van der Waals surface area contributed by atoms with E-state index in [1.807, 2.05) is 0 Å². The van der Waals surface area contributed by atoms with Crippen LogP contribution in [0.4, 0.5) is 8.78 Å². The molecule has 18 heavy (non-hydrogen) atoms. The first-order valence-corrected chi connectivity index (χ1v) is 7.11. The van der Waals surface area contributed by atoms with Crippen LogP contribution in [-0.2, 0) is 11.3 Å². The predicted octanol–water partition coefficient (Wildman–Crippen LogP) is 4.82. The molecule has 1 aromatic carbocycles. The summed E-state index contributed by atoms with van der Waals surface area (Å²) in [6, 6.07) is 2.63. The zero-order valence-electron chi connectivity index (χ0n) is 10.4. The molecule has 0 spiro atoms. The molecule has 4 heteroatoms. The van der Waals surface area contributed by atoms with E-state index < -0.39 is 11.6 Å². The van der Waals surface area contributed by atoms with Crippen LogP contribution < -0.4 is 0 Å². The van der Waals surface area contributed by atoms with Crippen molar-refractivity contribution >= 4 is 15.9 Å². The summed E-state index contributed by atoms with van der Waals surface area (Å²) >= 11 is 3.06. The Morgan fingerprint density at radius 2 is 1.89 bits per heavy atom. The summed E-state index contributed by atoms with van der Waals surface area (Å²) in [6.07, 6.45) is 4.37. The normalized spacial score (nSPS) is 24.2. The molecule has 0 heterocycles. The van der Waals surface area contributed by atoms with Crippen LogP contribution in [0.3, 0.4) is 0 Å². The topological polar surface area (TPSA) is 9.23 Å². The molecular formula is C14H17BrF2O. The summed E-state index contributed by atoms with van der Waals surface area (Å²) in [5, 5.41) is 0. The number of hydrogen-bond acceptors (Lipinski definition) is 1. The van der Waals surface area contributed by atoms with Gasteiger partial charge in [0.2, 0.25) is 0 Å². The molecule has 1 saturated carbocycles. The number of ether oxygens (including phenoxy) is 1. The quantitative estimate of drug-likeness (QED) is 0.726. The van der Waals surface area contributed by atoms with Crippen LogP contribution in [0, 0.1) is 17.6 Å². The SMILES string of the molecule is CC1CCC(OCc2c(F)ccc(Br)c2F)CC1. The fraction of sp³-hybridized carbons (Fsp3) is 0.571. The average Bonchev–Trinajstić information content (AvgIpc) is 2.36. The Balaban J connectivity index is 1.96. The van der Waals surface area contributed by atoms with Crippen LogP contribution in [0.15, 0.2) is 16.6 Å². The molecule has 0 bridgehead atoms. The summed E-state index contributed by atoms with van der Waals surface area (Å²) in [6.45, 7) is 2.24. The molecular weight excluding hydrogens is 302 g/mol. The molecule has 0 saturated heterocycles. The van der Waals surface area contributed by atoms with Crippen LogP contribution in [0.25, 0.3) is 0 Å². The van der Waals surface area contributed by atoms with E-state index in [2.05, 4.69) is 22.9 Å². The van der Waals surface area contributed by atoms with Crippen molar-refractivity contribution in [2.45, 2.75) is 45.3 Å². The van der Waals surface area contributed by atoms with Crippen molar-refractivity contribution < 1.29 is 13.5 Å². The highest BCUT2D eigenvalue weighted by Crippen LogP contribution is 2.28. The van der Waals surface area contributed by atoms with Gasteiger partial charge in [-0.05, 0) is 59.7 Å². The number of hydrogen-bond donors (Lipinski definition) is 0. The highest BCUT2D eigenvalue weighted by molar-refractivity contribution is 9.10. The third kappa shape index (κ3) is 3.29. The molecule has 0 atom stereocenters. The molecule has 0 amide bonds. The van der Waals surface area contributed by atoms with Gasteiger partial charge >= 0.3 is 0 Å². The van der Waals surface area contributed by atoms with Crippen molar-refractivity contribution in [2.24, 2.45) is 5.92 Å². The smallest absolute Gasteiger partial charge is 0.145 e. The van der Waals surface area contributed by atoms with Crippen LogP contribution in [0.5, 0.6) is 0 Å². The second-order valence-electron chi connectivity index (χ2n) is 5.01. The monoisotopic (exact) mass is 318 g/mol. The highest BCUT2D eigenvalue weighted by atomic mass is 79.9. The molecule has 2 rings (SSSR count). The molecule has 1 aromatic rings. The van der Waals surface area contributed by atoms with Gasteiger partial charge in [-0.2, -0.15) is 0 Å². The number of halogens is 3. The Morgan fingerprint density at radius 1 is 1.22 bits per heavy atom. The summed E-state index contributed by atoms with van der Waals surface area (Å²) in [5.74, 6) is -0.358. The highest BCUT2D eigenvalue weighted by Gasteiger charge is 2.20. The van der Waals surface area contributed by atoms with Gasteiger partial charge in [-0.15, -0.1) is 0 Å². The van der Waals surface area contributed by atoms with E-state index in [4.69, 9.17) is 4.74 Å². The molecule has 1 nitrogen and oxygen atoms in total. The Hall–Kier alpha value is -0.480. The minimum Gasteiger partial charge on any atom is -0.373 e. The second kappa shape index (κ2) is 6.11. The van der Waals surface area contributed by atoms with Crippen LogP contribution in [0.1, 0.15) is 38.2 Å². The van der Waals surface area contributed by atoms with Gasteiger partial charge < -0.3 is 4.74 Å². The van der Waals surface area contributed by atoms with Gasteiger partial charge in [0, 0.05) is 0 Å². The first-order valence-electron chi connectivity index (χ1n) is 6.32. The lowest BCUT2D eigenvalue weighted by Gasteiger charge is -2.26. The Labute approximate surface area is 115 Å². The first-order chi connectivity index (χ1) is 8.58. The van der Waals surface area contributed by atoms with Gasteiger partial charge in [0.25, 0.3) is 0 Å². The van der Waals surface area contributed by atoms with E-state index in [0.717, 1.165) is 31.6 Å². The maximum Gasteiger partial charge on any atom is 0.145 e. The Morgan fingerprint density at radius 3 is 2.56 bits per heavy atom. The molecule has 1 aliphatic carbocycles. The van der Waals surface area contributed by atoms with Gasteiger partial charge in [-0.3, -0.25) is 0 Å². The first kappa shape index (κ1) is 13.9. The summed E-state index contributed by atoms with van der Waals surface area (Å²) < 4.78 is 33.1. The van der Waals surface area contributed by atoms with E-state index in [9.17, 15) is 8.78 Å². The maximum atomic E-state index is 13.7. The van der Waals surface area contributed by atoms with E-state index in [0.29, 0.717) is 0 Å². The number of benzene rings is 1. The third-order valence-electron chi connectivity index (χ3n) is 3.57. The fourth-order valence-electron chi connectivity index (χ4n) is 2.30. The van der Waals surface area contributed by atoms with E-state index in [1.54, 1.807) is 0 Å². The fourth-order valence-corrected chi connectivity index (χ4v) is 2.67. The predicted molar refractivity (Wildman–Crippen MR) is 70.3 cm³/mol. The van der Waals surface area contributed by atoms with E-state index in [-0.39, 0.29) is 22.7 Å². The van der Waals surface area contributed by atoms with Crippen LogP contribution in [0.2, 0.25) is 0 Å². The van der Waals surface area contributed by atoms with E-state index in [1.165, 1.54) is 12.1 Å². The zero-order valence-corrected chi connectivity index (χ0v) is 12.0. The standard InChI is InChI=1S/C14H17BrF2O/c1-9-2-4-10(5-3-9)18-8-11-13(16)7-6-12(15)14(11)17/h6-7,9-10H,2-5,8H2,1H3. The van der Waals surface area contributed by atoms with Crippen molar-refractivity contribution in [3.05, 3.63) is 33.8 Å². The molecule has 0 aliphatic heterocycles. The van der Waals surface area contributed by atoms with Gasteiger partial charge in [-0.25, -0.2) is 8.78 Å². The molecule has 100 valence electrons. The van der Waals surface area contributed by atoms with Crippen molar-refractivity contribution in [1.29, 1.82) is 0 Å². The molecule has 0 radical (unpaired) electrons. The van der Waals surface area contributed by atoms with Gasteiger partial charge in [0.15, 0.2) is 0 Å². The zero-order chi connectivity index (χ0) is 13.1. The minimum atomic E-state index is -0.556.